The molecule has 2 amide bonds. The first-order chi connectivity index (χ1) is 16.0. The first-order valence-corrected chi connectivity index (χ1v) is 11.3. The molecule has 2 saturated heterocycles. The van der Waals surface area contributed by atoms with Crippen LogP contribution >= 0.6 is 0 Å². The summed E-state index contributed by atoms with van der Waals surface area (Å²) in [5.74, 6) is 0.660. The van der Waals surface area contributed by atoms with Gasteiger partial charge in [-0.1, -0.05) is 12.1 Å². The summed E-state index contributed by atoms with van der Waals surface area (Å²) in [7, 11) is 4.59. The van der Waals surface area contributed by atoms with Crippen molar-refractivity contribution >= 4 is 28.9 Å². The van der Waals surface area contributed by atoms with Crippen LogP contribution in [-0.2, 0) is 9.59 Å². The second-order valence-electron chi connectivity index (χ2n) is 8.34. The average Bonchev–Trinajstić information content (AvgIpc) is 3.25. The molecule has 2 heterocycles. The van der Waals surface area contributed by atoms with Gasteiger partial charge in [-0.25, -0.2) is 0 Å². The van der Waals surface area contributed by atoms with E-state index in [2.05, 4.69) is 10.2 Å². The second-order valence-corrected chi connectivity index (χ2v) is 8.34. The minimum atomic E-state index is -0.453. The second kappa shape index (κ2) is 10.0. The van der Waals surface area contributed by atoms with E-state index in [1.165, 1.54) is 27.8 Å². The van der Waals surface area contributed by atoms with Crippen molar-refractivity contribution in [1.29, 1.82) is 0 Å². The Morgan fingerprint density at radius 2 is 1.64 bits per heavy atom. The Bertz CT molecular complexity index is 994. The summed E-state index contributed by atoms with van der Waals surface area (Å²) in [5.41, 5.74) is 2.44. The maximum absolute atomic E-state index is 13.1. The van der Waals surface area contributed by atoms with Gasteiger partial charge < -0.3 is 29.3 Å². The zero-order valence-corrected chi connectivity index (χ0v) is 19.4. The molecule has 0 aromatic heterocycles. The predicted octanol–water partition coefficient (Wildman–Crippen LogP) is 3.69. The average molecular weight is 454 g/mol. The number of rotatable bonds is 7. The van der Waals surface area contributed by atoms with Gasteiger partial charge in [0, 0.05) is 38.2 Å². The lowest BCUT2D eigenvalue weighted by molar-refractivity contribution is -0.122. The molecule has 176 valence electrons. The van der Waals surface area contributed by atoms with Crippen molar-refractivity contribution in [2.24, 2.45) is 5.92 Å². The molecule has 1 atom stereocenters. The molecule has 33 heavy (non-hydrogen) atoms. The number of carbonyl (C=O) groups excluding carboxylic acids is 2. The molecule has 0 bridgehead atoms. The first-order valence-electron chi connectivity index (χ1n) is 11.3. The van der Waals surface area contributed by atoms with E-state index in [0.717, 1.165) is 37.3 Å². The molecule has 0 saturated carbocycles. The fourth-order valence-electron chi connectivity index (χ4n) is 4.58. The van der Waals surface area contributed by atoms with Gasteiger partial charge in [-0.05, 0) is 31.4 Å². The van der Waals surface area contributed by atoms with Gasteiger partial charge in [-0.15, -0.1) is 0 Å². The highest BCUT2D eigenvalue weighted by Crippen LogP contribution is 2.42. The van der Waals surface area contributed by atoms with E-state index in [-0.39, 0.29) is 24.8 Å². The number of hydrogen-bond acceptors (Lipinski definition) is 6. The molecule has 8 heteroatoms. The summed E-state index contributed by atoms with van der Waals surface area (Å²) in [6, 6.07) is 11.3. The van der Waals surface area contributed by atoms with Crippen LogP contribution < -0.4 is 29.3 Å². The highest BCUT2D eigenvalue weighted by Gasteiger charge is 2.36. The van der Waals surface area contributed by atoms with Crippen molar-refractivity contribution in [3.05, 3.63) is 36.4 Å². The van der Waals surface area contributed by atoms with Crippen LogP contribution in [-0.4, -0.2) is 52.8 Å². The van der Waals surface area contributed by atoms with Gasteiger partial charge in [0.2, 0.25) is 17.6 Å². The van der Waals surface area contributed by atoms with Gasteiger partial charge in [-0.2, -0.15) is 0 Å². The first kappa shape index (κ1) is 22.8. The highest BCUT2D eigenvalue weighted by molar-refractivity contribution is 6.04. The third-order valence-corrected chi connectivity index (χ3v) is 6.32. The van der Waals surface area contributed by atoms with Crippen LogP contribution in [0, 0.1) is 5.92 Å². The number of nitrogens with one attached hydrogen (secondary N) is 1. The zero-order chi connectivity index (χ0) is 23.4. The van der Waals surface area contributed by atoms with E-state index in [9.17, 15) is 9.59 Å². The Hall–Kier alpha value is -3.42. The summed E-state index contributed by atoms with van der Waals surface area (Å²) in [5, 5.41) is 3.08. The quantitative estimate of drug-likeness (QED) is 0.689. The Labute approximate surface area is 194 Å². The van der Waals surface area contributed by atoms with E-state index in [4.69, 9.17) is 14.2 Å². The van der Waals surface area contributed by atoms with E-state index in [1.807, 2.05) is 24.3 Å². The van der Waals surface area contributed by atoms with Gasteiger partial charge in [0.15, 0.2) is 11.5 Å². The predicted molar refractivity (Wildman–Crippen MR) is 128 cm³/mol. The standard InChI is InChI=1S/C25H31N3O5/c1-31-21-14-18(15-22(32-2)24(21)33-3)28-16-17(13-23(28)29)25(30)26-19-9-5-6-10-20(19)27-11-7-4-8-12-27/h5-6,9-10,14-15,17H,4,7-8,11-13,16H2,1-3H3,(H,26,30)/t17-/m1/s1. The van der Waals surface area contributed by atoms with Crippen molar-refractivity contribution in [3.63, 3.8) is 0 Å². The van der Waals surface area contributed by atoms with Crippen LogP contribution in [0.4, 0.5) is 17.1 Å². The van der Waals surface area contributed by atoms with Gasteiger partial charge >= 0.3 is 0 Å². The van der Waals surface area contributed by atoms with Crippen LogP contribution in [0.3, 0.4) is 0 Å². The Kier molecular flexibility index (Phi) is 6.91. The number of benzene rings is 2. The molecular formula is C25H31N3O5. The summed E-state index contributed by atoms with van der Waals surface area (Å²) in [6.45, 7) is 2.27. The maximum atomic E-state index is 13.1. The molecule has 0 aliphatic carbocycles. The van der Waals surface area contributed by atoms with Gasteiger partial charge in [-0.3, -0.25) is 9.59 Å². The van der Waals surface area contributed by atoms with Crippen LogP contribution in [0.5, 0.6) is 17.2 Å². The largest absolute Gasteiger partial charge is 0.493 e. The highest BCUT2D eigenvalue weighted by atomic mass is 16.5. The molecule has 8 nitrogen and oxygen atoms in total. The maximum Gasteiger partial charge on any atom is 0.229 e. The summed E-state index contributed by atoms with van der Waals surface area (Å²) < 4.78 is 16.2. The molecule has 2 aromatic carbocycles. The molecule has 0 radical (unpaired) electrons. The molecule has 4 rings (SSSR count). The van der Waals surface area contributed by atoms with E-state index in [1.54, 1.807) is 17.0 Å². The fraction of sp³-hybridized carbons (Fsp3) is 0.440. The Morgan fingerprint density at radius 3 is 2.27 bits per heavy atom. The van der Waals surface area contributed by atoms with Crippen LogP contribution in [0.15, 0.2) is 36.4 Å². The van der Waals surface area contributed by atoms with Gasteiger partial charge in [0.1, 0.15) is 0 Å². The third kappa shape index (κ3) is 4.69. The van der Waals surface area contributed by atoms with E-state index < -0.39 is 5.92 Å². The minimum Gasteiger partial charge on any atom is -0.493 e. The SMILES string of the molecule is COc1cc(N2C[C@H](C(=O)Nc3ccccc3N3CCCCC3)CC2=O)cc(OC)c1OC. The number of ether oxygens (including phenoxy) is 3. The number of piperidine rings is 1. The van der Waals surface area contributed by atoms with E-state index >= 15 is 0 Å². The normalized spacial score (nSPS) is 18.3. The van der Waals surface area contributed by atoms with Crippen LogP contribution in [0.1, 0.15) is 25.7 Å². The molecule has 2 aromatic rings. The Balaban J connectivity index is 1.51. The van der Waals surface area contributed by atoms with E-state index in [0.29, 0.717) is 22.9 Å². The fourth-order valence-corrected chi connectivity index (χ4v) is 4.58. The molecule has 0 spiro atoms. The van der Waals surface area contributed by atoms with Gasteiger partial charge in [0.25, 0.3) is 0 Å². The number of para-hydroxylation sites is 2. The summed E-state index contributed by atoms with van der Waals surface area (Å²) in [6.07, 6.45) is 3.70. The monoisotopic (exact) mass is 453 g/mol. The topological polar surface area (TPSA) is 80.3 Å². The molecule has 1 N–H and O–H groups in total. The number of methoxy groups -OCH3 is 3. The summed E-state index contributed by atoms with van der Waals surface area (Å²) in [4.78, 5) is 29.9. The summed E-state index contributed by atoms with van der Waals surface area (Å²) >= 11 is 0. The molecule has 2 fully saturated rings. The number of carbonyl (C=O) groups is 2. The number of nitrogens with zero attached hydrogens (tertiary/aromatic N) is 2. The van der Waals surface area contributed by atoms with Crippen molar-refractivity contribution in [3.8, 4) is 17.2 Å². The number of anilines is 3. The zero-order valence-electron chi connectivity index (χ0n) is 19.4. The molecule has 0 unspecified atom stereocenters. The lowest BCUT2D eigenvalue weighted by Crippen LogP contribution is -2.31. The Morgan fingerprint density at radius 1 is 0.970 bits per heavy atom. The smallest absolute Gasteiger partial charge is 0.229 e. The molecule has 2 aliphatic heterocycles. The molecular weight excluding hydrogens is 422 g/mol. The van der Waals surface area contributed by atoms with Crippen molar-refractivity contribution in [2.45, 2.75) is 25.7 Å². The molecule has 2 aliphatic rings. The lowest BCUT2D eigenvalue weighted by atomic mass is 10.1. The number of amides is 2. The van der Waals surface area contributed by atoms with Crippen molar-refractivity contribution < 1.29 is 23.8 Å². The van der Waals surface area contributed by atoms with Crippen molar-refractivity contribution in [1.82, 2.24) is 0 Å². The number of hydrogen-bond donors (Lipinski definition) is 1. The van der Waals surface area contributed by atoms with Gasteiger partial charge in [0.05, 0.1) is 44.3 Å². The van der Waals surface area contributed by atoms with Crippen LogP contribution in [0.2, 0.25) is 0 Å². The third-order valence-electron chi connectivity index (χ3n) is 6.32. The lowest BCUT2D eigenvalue weighted by Gasteiger charge is -2.30. The van der Waals surface area contributed by atoms with Crippen LogP contribution in [0.25, 0.3) is 0 Å². The minimum absolute atomic E-state index is 0.117. The van der Waals surface area contributed by atoms with Crippen molar-refractivity contribution in [2.75, 3.05) is 56.1 Å².